The first-order chi connectivity index (χ1) is 17.3. The second kappa shape index (κ2) is 13.1. The fourth-order valence-corrected chi connectivity index (χ4v) is 3.98. The number of aromatic nitrogens is 1. The lowest BCUT2D eigenvalue weighted by molar-refractivity contribution is -0.136. The highest BCUT2D eigenvalue weighted by molar-refractivity contribution is 6.36. The number of hydrogen-bond donors (Lipinski definition) is 3. The lowest BCUT2D eigenvalue weighted by atomic mass is 10.00. The van der Waals surface area contributed by atoms with E-state index in [1.165, 1.54) is 6.20 Å². The van der Waals surface area contributed by atoms with Gasteiger partial charge in [0.1, 0.15) is 18.2 Å². The molecule has 0 aliphatic rings. The van der Waals surface area contributed by atoms with Gasteiger partial charge in [-0.15, -0.1) is 0 Å². The van der Waals surface area contributed by atoms with E-state index in [0.717, 1.165) is 23.3 Å². The van der Waals surface area contributed by atoms with Gasteiger partial charge in [-0.1, -0.05) is 61.7 Å². The van der Waals surface area contributed by atoms with Crippen molar-refractivity contribution >= 4 is 40.9 Å². The standard InChI is InChI=1S/C27H29Cl2N3O4/c1-3-17(2)24(32-25-11-6-19(15-31-25)27(35)30-13-12-26(33)34)16-36-21-8-4-18(5-9-21)22-10-7-20(28)14-23(22)29/h4-11,14-15,17,24H,3,12-13,16H2,1-2H3,(H,30,35)(H,31,32)(H,33,34)/t17-,24+/m0/s1. The van der Waals surface area contributed by atoms with Gasteiger partial charge in [-0.05, 0) is 47.9 Å². The zero-order chi connectivity index (χ0) is 26.1. The Bertz CT molecular complexity index is 1170. The fraction of sp³-hybridized carbons (Fsp3) is 0.296. The molecule has 3 aromatic rings. The molecule has 0 saturated carbocycles. The number of halogens is 2. The Morgan fingerprint density at radius 1 is 1.08 bits per heavy atom. The molecule has 190 valence electrons. The summed E-state index contributed by atoms with van der Waals surface area (Å²) >= 11 is 12.3. The van der Waals surface area contributed by atoms with Gasteiger partial charge in [0, 0.05) is 28.4 Å². The average Bonchev–Trinajstić information content (AvgIpc) is 2.86. The average molecular weight is 530 g/mol. The molecule has 36 heavy (non-hydrogen) atoms. The number of rotatable bonds is 12. The summed E-state index contributed by atoms with van der Waals surface area (Å²) in [5.41, 5.74) is 2.23. The predicted molar refractivity (Wildman–Crippen MR) is 143 cm³/mol. The first-order valence-corrected chi connectivity index (χ1v) is 12.4. The van der Waals surface area contributed by atoms with Crippen molar-refractivity contribution in [3.63, 3.8) is 0 Å². The molecule has 0 saturated heterocycles. The summed E-state index contributed by atoms with van der Waals surface area (Å²) in [6, 6.07) is 16.5. The molecule has 0 fully saturated rings. The number of benzene rings is 2. The molecule has 1 amide bonds. The quantitative estimate of drug-likeness (QED) is 0.259. The molecular weight excluding hydrogens is 501 g/mol. The van der Waals surface area contributed by atoms with E-state index in [0.29, 0.717) is 34.0 Å². The van der Waals surface area contributed by atoms with Crippen molar-refractivity contribution in [1.82, 2.24) is 10.3 Å². The molecule has 2 atom stereocenters. The molecule has 1 aromatic heterocycles. The first-order valence-electron chi connectivity index (χ1n) is 11.7. The van der Waals surface area contributed by atoms with E-state index in [1.54, 1.807) is 18.2 Å². The van der Waals surface area contributed by atoms with Gasteiger partial charge in [0.15, 0.2) is 0 Å². The first kappa shape index (κ1) is 27.3. The number of ether oxygens (including phenoxy) is 1. The monoisotopic (exact) mass is 529 g/mol. The lowest BCUT2D eigenvalue weighted by Crippen LogP contribution is -2.33. The van der Waals surface area contributed by atoms with E-state index in [4.69, 9.17) is 33.0 Å². The maximum atomic E-state index is 12.1. The maximum absolute atomic E-state index is 12.1. The summed E-state index contributed by atoms with van der Waals surface area (Å²) < 4.78 is 6.07. The molecule has 1 heterocycles. The van der Waals surface area contributed by atoms with Gasteiger partial charge in [0.05, 0.1) is 18.0 Å². The van der Waals surface area contributed by atoms with Crippen LogP contribution in [-0.2, 0) is 4.79 Å². The van der Waals surface area contributed by atoms with Gasteiger partial charge in [0.2, 0.25) is 0 Å². The van der Waals surface area contributed by atoms with E-state index in [-0.39, 0.29) is 24.9 Å². The minimum absolute atomic E-state index is 0.0110. The number of carboxylic acids is 1. The Kier molecular flexibility index (Phi) is 9.96. The zero-order valence-corrected chi connectivity index (χ0v) is 21.6. The number of hydrogen-bond acceptors (Lipinski definition) is 5. The summed E-state index contributed by atoms with van der Waals surface area (Å²) in [5.74, 6) is 0.338. The molecular formula is C27H29Cl2N3O4. The summed E-state index contributed by atoms with van der Waals surface area (Å²) in [6.07, 6.45) is 2.28. The molecule has 0 spiro atoms. The fourth-order valence-electron chi connectivity index (χ4n) is 3.46. The lowest BCUT2D eigenvalue weighted by Gasteiger charge is -2.25. The van der Waals surface area contributed by atoms with Gasteiger partial charge in [0.25, 0.3) is 5.91 Å². The second-order valence-corrected chi connectivity index (χ2v) is 9.27. The van der Waals surface area contributed by atoms with Gasteiger partial charge in [-0.25, -0.2) is 4.98 Å². The maximum Gasteiger partial charge on any atom is 0.305 e. The number of carboxylic acid groups (broad SMARTS) is 1. The van der Waals surface area contributed by atoms with Gasteiger partial charge >= 0.3 is 5.97 Å². The molecule has 0 radical (unpaired) electrons. The van der Waals surface area contributed by atoms with Crippen molar-refractivity contribution < 1.29 is 19.4 Å². The summed E-state index contributed by atoms with van der Waals surface area (Å²) in [4.78, 5) is 27.1. The number of nitrogens with zero attached hydrogens (tertiary/aromatic N) is 1. The number of carbonyl (C=O) groups is 2. The highest BCUT2D eigenvalue weighted by Crippen LogP contribution is 2.31. The summed E-state index contributed by atoms with van der Waals surface area (Å²) in [7, 11) is 0. The summed E-state index contributed by atoms with van der Waals surface area (Å²) in [6.45, 7) is 4.74. The van der Waals surface area contributed by atoms with Crippen molar-refractivity contribution in [2.24, 2.45) is 5.92 Å². The van der Waals surface area contributed by atoms with Crippen LogP contribution in [0.2, 0.25) is 10.0 Å². The molecule has 0 unspecified atom stereocenters. The number of nitrogens with one attached hydrogen (secondary N) is 2. The zero-order valence-electron chi connectivity index (χ0n) is 20.1. The molecule has 0 bridgehead atoms. The Morgan fingerprint density at radius 2 is 1.83 bits per heavy atom. The largest absolute Gasteiger partial charge is 0.491 e. The molecule has 3 rings (SSSR count). The normalized spacial score (nSPS) is 12.4. The van der Waals surface area contributed by atoms with Crippen LogP contribution in [-0.4, -0.2) is 41.2 Å². The van der Waals surface area contributed by atoms with Gasteiger partial charge < -0.3 is 20.5 Å². The second-order valence-electron chi connectivity index (χ2n) is 8.43. The van der Waals surface area contributed by atoms with Crippen LogP contribution in [0.5, 0.6) is 5.75 Å². The summed E-state index contributed by atoms with van der Waals surface area (Å²) in [5, 5.41) is 15.8. The van der Waals surface area contributed by atoms with Gasteiger partial charge in [-0.2, -0.15) is 0 Å². The van der Waals surface area contributed by atoms with Crippen LogP contribution in [0.25, 0.3) is 11.1 Å². The molecule has 0 aliphatic carbocycles. The van der Waals surface area contributed by atoms with Crippen LogP contribution in [0, 0.1) is 5.92 Å². The van der Waals surface area contributed by atoms with E-state index in [1.807, 2.05) is 36.4 Å². The number of pyridine rings is 1. The van der Waals surface area contributed by atoms with Crippen LogP contribution < -0.4 is 15.4 Å². The topological polar surface area (TPSA) is 101 Å². The molecule has 9 heteroatoms. The van der Waals surface area contributed by atoms with E-state index < -0.39 is 5.97 Å². The molecule has 7 nitrogen and oxygen atoms in total. The SMILES string of the molecule is CC[C@H](C)[C@@H](COc1ccc(-c2ccc(Cl)cc2Cl)cc1)Nc1ccc(C(=O)NCCC(=O)O)cn1. The van der Waals surface area contributed by atoms with E-state index >= 15 is 0 Å². The highest BCUT2D eigenvalue weighted by Gasteiger charge is 2.18. The van der Waals surface area contributed by atoms with Crippen LogP contribution in [0.3, 0.4) is 0 Å². The third-order valence-electron chi connectivity index (χ3n) is 5.84. The third-order valence-corrected chi connectivity index (χ3v) is 6.39. The van der Waals surface area contributed by atoms with Crippen LogP contribution in [0.4, 0.5) is 5.82 Å². The number of amides is 1. The minimum Gasteiger partial charge on any atom is -0.491 e. The molecule has 3 N–H and O–H groups in total. The number of carbonyl (C=O) groups excluding carboxylic acids is 1. The number of anilines is 1. The minimum atomic E-state index is -0.965. The highest BCUT2D eigenvalue weighted by atomic mass is 35.5. The Hall–Kier alpha value is -3.29. The Labute approximate surface area is 220 Å². The smallest absolute Gasteiger partial charge is 0.305 e. The van der Waals surface area contributed by atoms with E-state index in [2.05, 4.69) is 29.5 Å². The Balaban J connectivity index is 1.60. The number of aliphatic carboxylic acids is 1. The van der Waals surface area contributed by atoms with Crippen molar-refractivity contribution in [2.45, 2.75) is 32.7 Å². The third kappa shape index (κ3) is 7.86. The molecule has 2 aromatic carbocycles. The molecule has 0 aliphatic heterocycles. The van der Waals surface area contributed by atoms with Gasteiger partial charge in [-0.3, -0.25) is 9.59 Å². The Morgan fingerprint density at radius 3 is 2.44 bits per heavy atom. The van der Waals surface area contributed by atoms with E-state index in [9.17, 15) is 9.59 Å². The van der Waals surface area contributed by atoms with Crippen molar-refractivity contribution in [3.05, 3.63) is 76.4 Å². The van der Waals surface area contributed by atoms with Crippen LogP contribution in [0.1, 0.15) is 37.0 Å². The van der Waals surface area contributed by atoms with Crippen molar-refractivity contribution in [2.75, 3.05) is 18.5 Å². The van der Waals surface area contributed by atoms with Crippen LogP contribution >= 0.6 is 23.2 Å². The predicted octanol–water partition coefficient (Wildman–Crippen LogP) is 6.17. The van der Waals surface area contributed by atoms with Crippen molar-refractivity contribution in [3.8, 4) is 16.9 Å². The van der Waals surface area contributed by atoms with Crippen LogP contribution in [0.15, 0.2) is 60.8 Å². The van der Waals surface area contributed by atoms with Crippen molar-refractivity contribution in [1.29, 1.82) is 0 Å².